The van der Waals surface area contributed by atoms with E-state index >= 15 is 0 Å². The Labute approximate surface area is 174 Å². The van der Waals surface area contributed by atoms with Crippen LogP contribution in [-0.4, -0.2) is 56.3 Å². The van der Waals surface area contributed by atoms with Crippen molar-refractivity contribution in [2.24, 2.45) is 0 Å². The van der Waals surface area contributed by atoms with Crippen molar-refractivity contribution in [3.8, 4) is 11.6 Å². The summed E-state index contributed by atoms with van der Waals surface area (Å²) in [7, 11) is 2.14. The zero-order chi connectivity index (χ0) is 20.6. The van der Waals surface area contributed by atoms with Gasteiger partial charge in [0.1, 0.15) is 24.0 Å². The van der Waals surface area contributed by atoms with E-state index < -0.39 is 0 Å². The number of nitrogens with zero attached hydrogens (tertiary/aromatic N) is 5. The average Bonchev–Trinajstić information content (AvgIpc) is 3.31. The van der Waals surface area contributed by atoms with Crippen LogP contribution in [0.1, 0.15) is 41.2 Å². The molecule has 1 N–H and O–H groups in total. The largest absolute Gasteiger partial charge is 0.487 e. The van der Waals surface area contributed by atoms with Crippen LogP contribution < -0.4 is 10.1 Å². The smallest absolute Gasteiger partial charge is 0.253 e. The Kier molecular flexibility index (Phi) is 4.71. The predicted molar refractivity (Wildman–Crippen MR) is 111 cm³/mol. The van der Waals surface area contributed by atoms with E-state index in [0.717, 1.165) is 43.7 Å². The van der Waals surface area contributed by atoms with E-state index in [-0.39, 0.29) is 17.6 Å². The third kappa shape index (κ3) is 3.54. The minimum Gasteiger partial charge on any atom is -0.487 e. The number of likely N-dealkylation sites (tertiary alicyclic amines) is 1. The molecule has 0 saturated carbocycles. The van der Waals surface area contributed by atoms with Gasteiger partial charge in [0, 0.05) is 31.3 Å². The van der Waals surface area contributed by atoms with Gasteiger partial charge in [0.05, 0.1) is 11.6 Å². The van der Waals surface area contributed by atoms with Crippen LogP contribution >= 0.6 is 0 Å². The zero-order valence-electron chi connectivity index (χ0n) is 16.9. The highest BCUT2D eigenvalue weighted by atomic mass is 16.5. The van der Waals surface area contributed by atoms with Crippen LogP contribution in [0, 0.1) is 0 Å². The lowest BCUT2D eigenvalue weighted by Crippen LogP contribution is -2.51. The van der Waals surface area contributed by atoms with Gasteiger partial charge < -0.3 is 15.0 Å². The molecule has 2 aromatic heterocycles. The molecule has 8 heteroatoms. The van der Waals surface area contributed by atoms with Gasteiger partial charge in [-0.1, -0.05) is 18.2 Å². The molecule has 1 aromatic carbocycles. The lowest BCUT2D eigenvalue weighted by molar-refractivity contribution is -0.0195. The highest BCUT2D eigenvalue weighted by Gasteiger charge is 2.43. The van der Waals surface area contributed by atoms with Crippen molar-refractivity contribution in [3.63, 3.8) is 0 Å². The van der Waals surface area contributed by atoms with Crippen LogP contribution in [0.5, 0.6) is 5.75 Å². The normalized spacial score (nSPS) is 20.4. The number of piperidine rings is 1. The second-order valence-electron chi connectivity index (χ2n) is 8.10. The highest BCUT2D eigenvalue weighted by Crippen LogP contribution is 2.44. The maximum atomic E-state index is 13.0. The Morgan fingerprint density at radius 3 is 2.77 bits per heavy atom. The van der Waals surface area contributed by atoms with Gasteiger partial charge in [0.2, 0.25) is 0 Å². The number of hydrogen-bond donors (Lipinski definition) is 1. The van der Waals surface area contributed by atoms with E-state index in [0.29, 0.717) is 11.4 Å². The van der Waals surface area contributed by atoms with Crippen LogP contribution in [0.15, 0.2) is 55.2 Å². The van der Waals surface area contributed by atoms with Gasteiger partial charge in [-0.3, -0.25) is 4.79 Å². The number of aromatic nitrogens is 4. The summed E-state index contributed by atoms with van der Waals surface area (Å²) < 4.78 is 8.03. The molecule has 1 atom stereocenters. The molecule has 4 heterocycles. The number of pyridine rings is 1. The lowest BCUT2D eigenvalue weighted by Gasteiger charge is -2.46. The van der Waals surface area contributed by atoms with E-state index in [1.165, 1.54) is 6.33 Å². The fourth-order valence-corrected chi connectivity index (χ4v) is 4.30. The molecule has 1 spiro atoms. The summed E-state index contributed by atoms with van der Waals surface area (Å²) >= 11 is 0. The van der Waals surface area contributed by atoms with Crippen molar-refractivity contribution in [1.82, 2.24) is 30.0 Å². The highest BCUT2D eigenvalue weighted by molar-refractivity contribution is 5.94. The van der Waals surface area contributed by atoms with E-state index in [2.05, 4.69) is 32.3 Å². The molecular formula is C22H24N6O2. The number of rotatable bonds is 3. The summed E-state index contributed by atoms with van der Waals surface area (Å²) in [5, 5.41) is 7.28. The number of ether oxygens (including phenoxy) is 1. The number of nitrogens with one attached hydrogen (secondary N) is 1. The number of fused-ring (bicyclic) bond motifs is 1. The fourth-order valence-electron chi connectivity index (χ4n) is 4.30. The first-order valence-electron chi connectivity index (χ1n) is 10.2. The number of carbonyl (C=O) groups is 1. The molecule has 0 radical (unpaired) electrons. The first kappa shape index (κ1) is 18.7. The van der Waals surface area contributed by atoms with Gasteiger partial charge in [-0.05, 0) is 38.1 Å². The third-order valence-corrected chi connectivity index (χ3v) is 6.06. The van der Waals surface area contributed by atoms with Crippen molar-refractivity contribution in [1.29, 1.82) is 0 Å². The average molecular weight is 404 g/mol. The van der Waals surface area contributed by atoms with Crippen molar-refractivity contribution in [3.05, 3.63) is 66.4 Å². The molecule has 2 aliphatic heterocycles. The van der Waals surface area contributed by atoms with Crippen LogP contribution in [-0.2, 0) is 0 Å². The second kappa shape index (κ2) is 7.53. The monoisotopic (exact) mass is 404 g/mol. The number of para-hydroxylation sites is 1. The van der Waals surface area contributed by atoms with Gasteiger partial charge in [-0.15, -0.1) is 0 Å². The van der Waals surface area contributed by atoms with Crippen LogP contribution in [0.25, 0.3) is 5.82 Å². The molecule has 1 amide bonds. The van der Waals surface area contributed by atoms with Crippen molar-refractivity contribution < 1.29 is 9.53 Å². The molecule has 2 aliphatic rings. The molecular weight excluding hydrogens is 380 g/mol. The number of carbonyl (C=O) groups excluding carboxylic acids is 1. The quantitative estimate of drug-likeness (QED) is 0.722. The van der Waals surface area contributed by atoms with E-state index in [1.54, 1.807) is 29.3 Å². The zero-order valence-corrected chi connectivity index (χ0v) is 16.9. The van der Waals surface area contributed by atoms with Crippen LogP contribution in [0.4, 0.5) is 0 Å². The number of hydrogen-bond acceptors (Lipinski definition) is 6. The van der Waals surface area contributed by atoms with Crippen LogP contribution in [0.2, 0.25) is 0 Å². The molecule has 1 saturated heterocycles. The van der Waals surface area contributed by atoms with Crippen molar-refractivity contribution in [2.45, 2.75) is 30.9 Å². The number of benzene rings is 1. The van der Waals surface area contributed by atoms with Crippen LogP contribution in [0.3, 0.4) is 0 Å². The van der Waals surface area contributed by atoms with E-state index in [9.17, 15) is 4.79 Å². The molecule has 5 rings (SSSR count). The molecule has 30 heavy (non-hydrogen) atoms. The Balaban J connectivity index is 1.37. The third-order valence-electron chi connectivity index (χ3n) is 6.06. The topological polar surface area (TPSA) is 85.2 Å². The Morgan fingerprint density at radius 1 is 1.20 bits per heavy atom. The minimum atomic E-state index is -0.228. The molecule has 0 aliphatic carbocycles. The summed E-state index contributed by atoms with van der Waals surface area (Å²) in [6.45, 7) is 1.99. The van der Waals surface area contributed by atoms with Gasteiger partial charge >= 0.3 is 0 Å². The molecule has 8 nitrogen and oxygen atoms in total. The van der Waals surface area contributed by atoms with Crippen molar-refractivity contribution in [2.75, 3.05) is 20.1 Å². The van der Waals surface area contributed by atoms with Gasteiger partial charge in [0.25, 0.3) is 5.91 Å². The molecule has 0 bridgehead atoms. The summed E-state index contributed by atoms with van der Waals surface area (Å²) in [5.74, 6) is 1.35. The summed E-state index contributed by atoms with van der Waals surface area (Å²) in [6.07, 6.45) is 7.28. The Morgan fingerprint density at radius 2 is 2.03 bits per heavy atom. The van der Waals surface area contributed by atoms with Gasteiger partial charge in [0.15, 0.2) is 5.82 Å². The number of amides is 1. The lowest BCUT2D eigenvalue weighted by atomic mass is 9.80. The summed E-state index contributed by atoms with van der Waals surface area (Å²) in [5.41, 5.74) is 1.32. The Hall–Kier alpha value is -3.26. The standard InChI is InChI=1S/C22H24N6O2/c1-27-10-8-22(9-11-27)12-18(17-4-2-3-5-19(17)30-22)26-21(29)16-6-7-20(24-13-16)28-15-23-14-25-28/h2-7,13-15,18H,8-12H2,1H3,(H,26,29). The SMILES string of the molecule is CN1CCC2(CC1)CC(NC(=O)c1ccc(-n3cncn3)nc1)c1ccccc1O2. The summed E-state index contributed by atoms with van der Waals surface area (Å²) in [6, 6.07) is 11.4. The molecule has 154 valence electrons. The Bertz CT molecular complexity index is 1030. The second-order valence-corrected chi connectivity index (χ2v) is 8.10. The predicted octanol–water partition coefficient (Wildman–Crippen LogP) is 2.38. The summed E-state index contributed by atoms with van der Waals surface area (Å²) in [4.78, 5) is 23.6. The first-order chi connectivity index (χ1) is 14.6. The van der Waals surface area contributed by atoms with E-state index in [1.807, 2.05) is 24.3 Å². The minimum absolute atomic E-state index is 0.0964. The van der Waals surface area contributed by atoms with Gasteiger partial charge in [-0.25, -0.2) is 14.6 Å². The van der Waals surface area contributed by atoms with Crippen molar-refractivity contribution >= 4 is 5.91 Å². The van der Waals surface area contributed by atoms with Gasteiger partial charge in [-0.2, -0.15) is 5.10 Å². The maximum Gasteiger partial charge on any atom is 0.253 e. The van der Waals surface area contributed by atoms with E-state index in [4.69, 9.17) is 4.74 Å². The molecule has 1 fully saturated rings. The first-order valence-corrected chi connectivity index (χ1v) is 10.2. The maximum absolute atomic E-state index is 13.0. The molecule has 3 aromatic rings. The molecule has 1 unspecified atom stereocenters. The fraction of sp³-hybridized carbons (Fsp3) is 0.364.